The highest BCUT2D eigenvalue weighted by Gasteiger charge is 2.26. The summed E-state index contributed by atoms with van der Waals surface area (Å²) in [5.74, 6) is 2.22. The molecule has 1 aliphatic heterocycles. The highest BCUT2D eigenvalue weighted by atomic mass is 35.5. The van der Waals surface area contributed by atoms with Crippen molar-refractivity contribution in [3.8, 4) is 0 Å². The number of hydrogen-bond acceptors (Lipinski definition) is 2. The van der Waals surface area contributed by atoms with E-state index in [9.17, 15) is 4.39 Å². The van der Waals surface area contributed by atoms with Gasteiger partial charge in [-0.25, -0.2) is 9.37 Å². The van der Waals surface area contributed by atoms with Crippen LogP contribution in [0.15, 0.2) is 12.3 Å². The van der Waals surface area contributed by atoms with Crippen LogP contribution in [0.2, 0.25) is 0 Å². The number of hydrogen-bond donors (Lipinski definition) is 0. The molecule has 1 unspecified atom stereocenters. The summed E-state index contributed by atoms with van der Waals surface area (Å²) >= 11 is 5.85. The Morgan fingerprint density at radius 3 is 2.94 bits per heavy atom. The van der Waals surface area contributed by atoms with Crippen LogP contribution in [0.5, 0.6) is 0 Å². The van der Waals surface area contributed by atoms with Gasteiger partial charge < -0.3 is 4.90 Å². The predicted molar refractivity (Wildman–Crippen MR) is 68.9 cm³/mol. The van der Waals surface area contributed by atoms with Gasteiger partial charge in [-0.2, -0.15) is 0 Å². The van der Waals surface area contributed by atoms with Gasteiger partial charge in [0.15, 0.2) is 0 Å². The molecule has 0 aromatic carbocycles. The first-order valence-electron chi connectivity index (χ1n) is 6.07. The van der Waals surface area contributed by atoms with Crippen LogP contribution in [0.25, 0.3) is 0 Å². The van der Waals surface area contributed by atoms with Gasteiger partial charge in [0, 0.05) is 18.7 Å². The molecule has 1 aliphatic rings. The SMILES string of the molecule is CC(C)C1CCN(c2ncc(F)cc2CCl)C1. The van der Waals surface area contributed by atoms with Gasteiger partial charge in [-0.15, -0.1) is 11.6 Å². The molecular weight excluding hydrogens is 239 g/mol. The Kier molecular flexibility index (Phi) is 3.87. The number of pyridine rings is 1. The van der Waals surface area contributed by atoms with Crippen molar-refractivity contribution in [1.29, 1.82) is 0 Å². The van der Waals surface area contributed by atoms with Crippen LogP contribution in [-0.4, -0.2) is 18.1 Å². The topological polar surface area (TPSA) is 16.1 Å². The fourth-order valence-corrected chi connectivity index (χ4v) is 2.58. The molecule has 1 saturated heterocycles. The fourth-order valence-electron chi connectivity index (χ4n) is 2.38. The summed E-state index contributed by atoms with van der Waals surface area (Å²) in [6, 6.07) is 1.48. The maximum absolute atomic E-state index is 13.1. The molecule has 2 heterocycles. The summed E-state index contributed by atoms with van der Waals surface area (Å²) in [7, 11) is 0. The minimum absolute atomic E-state index is 0.308. The van der Waals surface area contributed by atoms with E-state index in [0.717, 1.165) is 24.5 Å². The number of alkyl halides is 1. The third-order valence-electron chi connectivity index (χ3n) is 3.52. The van der Waals surface area contributed by atoms with Crippen LogP contribution in [-0.2, 0) is 5.88 Å². The van der Waals surface area contributed by atoms with Crippen LogP contribution in [0.1, 0.15) is 25.8 Å². The van der Waals surface area contributed by atoms with Gasteiger partial charge in [0.25, 0.3) is 0 Å². The number of anilines is 1. The van der Waals surface area contributed by atoms with Gasteiger partial charge in [0.05, 0.1) is 12.1 Å². The number of aromatic nitrogens is 1. The minimum Gasteiger partial charge on any atom is -0.356 e. The highest BCUT2D eigenvalue weighted by molar-refractivity contribution is 6.17. The van der Waals surface area contributed by atoms with Crippen molar-refractivity contribution in [3.63, 3.8) is 0 Å². The van der Waals surface area contributed by atoms with Gasteiger partial charge >= 0.3 is 0 Å². The van der Waals surface area contributed by atoms with Crippen LogP contribution >= 0.6 is 11.6 Å². The van der Waals surface area contributed by atoms with Gasteiger partial charge in [0.2, 0.25) is 0 Å². The first kappa shape index (κ1) is 12.6. The molecule has 0 aliphatic carbocycles. The highest BCUT2D eigenvalue weighted by Crippen LogP contribution is 2.29. The Morgan fingerprint density at radius 1 is 1.59 bits per heavy atom. The van der Waals surface area contributed by atoms with Crippen molar-refractivity contribution >= 4 is 17.4 Å². The van der Waals surface area contributed by atoms with E-state index in [4.69, 9.17) is 11.6 Å². The summed E-state index contributed by atoms with van der Waals surface area (Å²) < 4.78 is 13.1. The average molecular weight is 257 g/mol. The number of halogens is 2. The molecule has 0 amide bonds. The maximum atomic E-state index is 13.1. The number of rotatable bonds is 3. The molecule has 1 aromatic heterocycles. The van der Waals surface area contributed by atoms with E-state index in [0.29, 0.717) is 17.7 Å². The monoisotopic (exact) mass is 256 g/mol. The Balaban J connectivity index is 2.18. The van der Waals surface area contributed by atoms with Crippen LogP contribution in [0.3, 0.4) is 0 Å². The molecule has 2 rings (SSSR count). The summed E-state index contributed by atoms with van der Waals surface area (Å²) in [4.78, 5) is 6.42. The minimum atomic E-state index is -0.316. The van der Waals surface area contributed by atoms with E-state index in [1.807, 2.05) is 0 Å². The van der Waals surface area contributed by atoms with Crippen molar-refractivity contribution in [3.05, 3.63) is 23.6 Å². The normalized spacial score (nSPS) is 20.3. The second-order valence-electron chi connectivity index (χ2n) is 5.01. The molecule has 1 fully saturated rings. The first-order chi connectivity index (χ1) is 8.11. The van der Waals surface area contributed by atoms with Crippen LogP contribution < -0.4 is 4.90 Å². The van der Waals surface area contributed by atoms with E-state index in [-0.39, 0.29) is 5.82 Å². The molecule has 0 radical (unpaired) electrons. The van der Waals surface area contributed by atoms with Gasteiger partial charge in [0.1, 0.15) is 11.6 Å². The van der Waals surface area contributed by atoms with Gasteiger partial charge in [-0.05, 0) is 24.3 Å². The maximum Gasteiger partial charge on any atom is 0.141 e. The molecule has 0 spiro atoms. The third-order valence-corrected chi connectivity index (χ3v) is 3.81. The molecule has 4 heteroatoms. The van der Waals surface area contributed by atoms with E-state index in [1.165, 1.54) is 18.7 Å². The second kappa shape index (κ2) is 5.21. The predicted octanol–water partition coefficient (Wildman–Crippen LogP) is 3.44. The van der Waals surface area contributed by atoms with Crippen molar-refractivity contribution in [1.82, 2.24) is 4.98 Å². The Hall–Kier alpha value is -0.830. The molecule has 17 heavy (non-hydrogen) atoms. The third kappa shape index (κ3) is 2.71. The lowest BCUT2D eigenvalue weighted by Crippen LogP contribution is -2.23. The molecule has 2 nitrogen and oxygen atoms in total. The van der Waals surface area contributed by atoms with E-state index >= 15 is 0 Å². The van der Waals surface area contributed by atoms with Crippen molar-refractivity contribution in [2.24, 2.45) is 11.8 Å². The quantitative estimate of drug-likeness (QED) is 0.770. The zero-order valence-electron chi connectivity index (χ0n) is 10.3. The zero-order valence-corrected chi connectivity index (χ0v) is 11.0. The molecule has 94 valence electrons. The van der Waals surface area contributed by atoms with Gasteiger partial charge in [-0.1, -0.05) is 13.8 Å². The van der Waals surface area contributed by atoms with Crippen molar-refractivity contribution in [2.75, 3.05) is 18.0 Å². The molecule has 0 saturated carbocycles. The van der Waals surface area contributed by atoms with Crippen molar-refractivity contribution in [2.45, 2.75) is 26.1 Å². The largest absolute Gasteiger partial charge is 0.356 e. The Labute approximate surface area is 107 Å². The Morgan fingerprint density at radius 2 is 2.35 bits per heavy atom. The lowest BCUT2D eigenvalue weighted by molar-refractivity contribution is 0.422. The number of nitrogens with zero attached hydrogens (tertiary/aromatic N) is 2. The standard InChI is InChI=1S/C13H18ClFN2/c1-9(2)10-3-4-17(8-10)13-11(6-14)5-12(15)7-16-13/h5,7,9-10H,3-4,6,8H2,1-2H3. The zero-order chi connectivity index (χ0) is 12.4. The second-order valence-corrected chi connectivity index (χ2v) is 5.28. The Bertz CT molecular complexity index is 395. The first-order valence-corrected chi connectivity index (χ1v) is 6.60. The van der Waals surface area contributed by atoms with E-state index in [2.05, 4.69) is 23.7 Å². The molecule has 0 N–H and O–H groups in total. The van der Waals surface area contributed by atoms with Crippen LogP contribution in [0, 0.1) is 17.7 Å². The fraction of sp³-hybridized carbons (Fsp3) is 0.615. The van der Waals surface area contributed by atoms with Gasteiger partial charge in [-0.3, -0.25) is 0 Å². The molecule has 0 bridgehead atoms. The molecule has 1 atom stereocenters. The summed E-state index contributed by atoms with van der Waals surface area (Å²) in [6.45, 7) is 6.48. The van der Waals surface area contributed by atoms with E-state index in [1.54, 1.807) is 0 Å². The lowest BCUT2D eigenvalue weighted by atomic mass is 9.95. The summed E-state index contributed by atoms with van der Waals surface area (Å²) in [5, 5.41) is 0. The van der Waals surface area contributed by atoms with E-state index < -0.39 is 0 Å². The van der Waals surface area contributed by atoms with Crippen LogP contribution in [0.4, 0.5) is 10.2 Å². The average Bonchev–Trinajstić information content (AvgIpc) is 2.78. The van der Waals surface area contributed by atoms with Crippen molar-refractivity contribution < 1.29 is 4.39 Å². The molecule has 1 aromatic rings. The lowest BCUT2D eigenvalue weighted by Gasteiger charge is -2.21. The summed E-state index contributed by atoms with van der Waals surface area (Å²) in [5.41, 5.74) is 0.788. The molecular formula is C13H18ClFN2. The summed E-state index contributed by atoms with van der Waals surface area (Å²) in [6.07, 6.45) is 2.45. The smallest absolute Gasteiger partial charge is 0.141 e.